The van der Waals surface area contributed by atoms with E-state index in [0.717, 1.165) is 43.7 Å². The van der Waals surface area contributed by atoms with Gasteiger partial charge in [0, 0.05) is 44.0 Å². The van der Waals surface area contributed by atoms with Crippen molar-refractivity contribution in [2.45, 2.75) is 32.3 Å². The van der Waals surface area contributed by atoms with Crippen molar-refractivity contribution in [1.82, 2.24) is 0 Å². The first-order chi connectivity index (χ1) is 13.2. The first kappa shape index (κ1) is 19.2. The zero-order chi connectivity index (χ0) is 19.1. The van der Waals surface area contributed by atoms with Crippen molar-refractivity contribution in [1.29, 1.82) is 0 Å². The van der Waals surface area contributed by atoms with Gasteiger partial charge in [-0.2, -0.15) is 0 Å². The van der Waals surface area contributed by atoms with Crippen molar-refractivity contribution < 1.29 is 14.6 Å². The van der Waals surface area contributed by atoms with Crippen LogP contribution in [-0.4, -0.2) is 43.4 Å². The van der Waals surface area contributed by atoms with Crippen LogP contribution in [0.3, 0.4) is 0 Å². The SMILES string of the molecule is CCOC(Cc1ccc(NCCCN2CCc3ccccc32)cc1)C(=O)O. The molecule has 27 heavy (non-hydrogen) atoms. The number of hydrogen-bond donors (Lipinski definition) is 2. The maximum Gasteiger partial charge on any atom is 0.333 e. The Morgan fingerprint density at radius 1 is 1.22 bits per heavy atom. The van der Waals surface area contributed by atoms with Gasteiger partial charge in [-0.3, -0.25) is 0 Å². The van der Waals surface area contributed by atoms with Gasteiger partial charge in [0.25, 0.3) is 0 Å². The lowest BCUT2D eigenvalue weighted by molar-refractivity contribution is -0.149. The molecule has 2 aromatic carbocycles. The highest BCUT2D eigenvalue weighted by atomic mass is 16.5. The monoisotopic (exact) mass is 368 g/mol. The summed E-state index contributed by atoms with van der Waals surface area (Å²) < 4.78 is 5.27. The van der Waals surface area contributed by atoms with Gasteiger partial charge in [-0.05, 0) is 49.1 Å². The number of benzene rings is 2. The molecular weight excluding hydrogens is 340 g/mol. The van der Waals surface area contributed by atoms with Crippen LogP contribution in [-0.2, 0) is 22.4 Å². The predicted molar refractivity (Wildman–Crippen MR) is 109 cm³/mol. The van der Waals surface area contributed by atoms with Crippen LogP contribution in [0.5, 0.6) is 0 Å². The summed E-state index contributed by atoms with van der Waals surface area (Å²) in [5, 5.41) is 12.6. The van der Waals surface area contributed by atoms with Gasteiger partial charge in [-0.1, -0.05) is 30.3 Å². The van der Waals surface area contributed by atoms with Crippen LogP contribution in [0.1, 0.15) is 24.5 Å². The summed E-state index contributed by atoms with van der Waals surface area (Å²) in [7, 11) is 0. The highest BCUT2D eigenvalue weighted by molar-refractivity contribution is 5.72. The molecule has 0 aromatic heterocycles. The highest BCUT2D eigenvalue weighted by Crippen LogP contribution is 2.27. The molecule has 1 atom stereocenters. The van der Waals surface area contributed by atoms with E-state index in [1.54, 1.807) is 0 Å². The number of carboxylic acids is 1. The van der Waals surface area contributed by atoms with Crippen molar-refractivity contribution in [3.8, 4) is 0 Å². The van der Waals surface area contributed by atoms with Crippen molar-refractivity contribution in [2.75, 3.05) is 36.5 Å². The average molecular weight is 368 g/mol. The molecule has 1 aliphatic heterocycles. The molecule has 0 bridgehead atoms. The minimum atomic E-state index is -0.914. The first-order valence-electron chi connectivity index (χ1n) is 9.67. The molecule has 2 aromatic rings. The summed E-state index contributed by atoms with van der Waals surface area (Å²) in [6.45, 7) is 5.28. The predicted octanol–water partition coefficient (Wildman–Crippen LogP) is 3.58. The number of para-hydroxylation sites is 1. The average Bonchev–Trinajstić information content (AvgIpc) is 3.09. The smallest absolute Gasteiger partial charge is 0.333 e. The number of carbonyl (C=O) groups is 1. The summed E-state index contributed by atoms with van der Waals surface area (Å²) in [6.07, 6.45) is 1.82. The Bertz CT molecular complexity index is 745. The minimum absolute atomic E-state index is 0.387. The fourth-order valence-electron chi connectivity index (χ4n) is 3.53. The van der Waals surface area contributed by atoms with Crippen LogP contribution < -0.4 is 10.2 Å². The van der Waals surface area contributed by atoms with E-state index in [4.69, 9.17) is 4.74 Å². The van der Waals surface area contributed by atoms with Crippen LogP contribution >= 0.6 is 0 Å². The molecule has 1 unspecified atom stereocenters. The molecule has 1 heterocycles. The zero-order valence-electron chi connectivity index (χ0n) is 15.9. The number of fused-ring (bicyclic) bond motifs is 1. The topological polar surface area (TPSA) is 61.8 Å². The third-order valence-corrected chi connectivity index (χ3v) is 4.94. The van der Waals surface area contributed by atoms with E-state index in [2.05, 4.69) is 34.5 Å². The molecule has 0 saturated carbocycles. The van der Waals surface area contributed by atoms with Crippen LogP contribution in [0.15, 0.2) is 48.5 Å². The van der Waals surface area contributed by atoms with Crippen LogP contribution in [0.2, 0.25) is 0 Å². The lowest BCUT2D eigenvalue weighted by atomic mass is 10.1. The Hall–Kier alpha value is -2.53. The Labute approximate surface area is 161 Å². The molecule has 5 heteroatoms. The summed E-state index contributed by atoms with van der Waals surface area (Å²) in [5.41, 5.74) is 4.86. The van der Waals surface area contributed by atoms with Crippen LogP contribution in [0.4, 0.5) is 11.4 Å². The summed E-state index contributed by atoms with van der Waals surface area (Å²) >= 11 is 0. The number of nitrogens with zero attached hydrogens (tertiary/aromatic N) is 1. The van der Waals surface area contributed by atoms with Gasteiger partial charge in [0.15, 0.2) is 6.10 Å². The van der Waals surface area contributed by atoms with Gasteiger partial charge in [-0.15, -0.1) is 0 Å². The van der Waals surface area contributed by atoms with E-state index in [0.29, 0.717) is 13.0 Å². The van der Waals surface area contributed by atoms with Crippen LogP contribution in [0, 0.1) is 0 Å². The first-order valence-corrected chi connectivity index (χ1v) is 9.67. The van der Waals surface area contributed by atoms with Crippen molar-refractivity contribution in [3.05, 3.63) is 59.7 Å². The Morgan fingerprint density at radius 2 is 2.00 bits per heavy atom. The maximum atomic E-state index is 11.2. The lowest BCUT2D eigenvalue weighted by Gasteiger charge is -2.19. The van der Waals surface area contributed by atoms with Crippen LogP contribution in [0.25, 0.3) is 0 Å². The van der Waals surface area contributed by atoms with E-state index in [9.17, 15) is 9.90 Å². The third kappa shape index (κ3) is 5.23. The molecule has 1 aliphatic rings. The molecule has 0 amide bonds. The fraction of sp³-hybridized carbons (Fsp3) is 0.409. The molecule has 0 fully saturated rings. The summed E-state index contributed by atoms with van der Waals surface area (Å²) in [4.78, 5) is 13.6. The summed E-state index contributed by atoms with van der Waals surface area (Å²) in [5.74, 6) is -0.914. The van der Waals surface area contributed by atoms with E-state index in [-0.39, 0.29) is 0 Å². The highest BCUT2D eigenvalue weighted by Gasteiger charge is 2.18. The number of hydrogen-bond acceptors (Lipinski definition) is 4. The van der Waals surface area contributed by atoms with Gasteiger partial charge in [0.2, 0.25) is 0 Å². The van der Waals surface area contributed by atoms with Gasteiger partial charge in [0.05, 0.1) is 0 Å². The second kappa shape index (κ2) is 9.42. The Kier molecular flexibility index (Phi) is 6.71. The Morgan fingerprint density at radius 3 is 2.74 bits per heavy atom. The fourth-order valence-corrected chi connectivity index (χ4v) is 3.53. The Balaban J connectivity index is 1.42. The third-order valence-electron chi connectivity index (χ3n) is 4.94. The zero-order valence-corrected chi connectivity index (χ0v) is 15.9. The standard InChI is InChI=1S/C22H28N2O3/c1-2-27-21(22(25)26)16-17-8-10-19(11-9-17)23-13-5-14-24-15-12-18-6-3-4-7-20(18)24/h3-4,6-11,21,23H,2,5,12-16H2,1H3,(H,25,26). The molecular formula is C22H28N2O3. The largest absolute Gasteiger partial charge is 0.479 e. The summed E-state index contributed by atoms with van der Waals surface area (Å²) in [6, 6.07) is 16.6. The molecule has 0 radical (unpaired) electrons. The lowest BCUT2D eigenvalue weighted by Crippen LogP contribution is -2.26. The molecule has 0 spiro atoms. The maximum absolute atomic E-state index is 11.2. The minimum Gasteiger partial charge on any atom is -0.479 e. The van der Waals surface area contributed by atoms with Crippen molar-refractivity contribution >= 4 is 17.3 Å². The molecule has 2 N–H and O–H groups in total. The molecule has 0 saturated heterocycles. The van der Waals surface area contributed by atoms with Gasteiger partial charge >= 0.3 is 5.97 Å². The van der Waals surface area contributed by atoms with Crippen molar-refractivity contribution in [3.63, 3.8) is 0 Å². The number of rotatable bonds is 10. The number of ether oxygens (including phenoxy) is 1. The number of aliphatic carboxylic acids is 1. The normalized spacial score (nSPS) is 14.0. The quantitative estimate of drug-likeness (QED) is 0.628. The van der Waals surface area contributed by atoms with E-state index >= 15 is 0 Å². The van der Waals surface area contributed by atoms with E-state index in [1.807, 2.05) is 31.2 Å². The van der Waals surface area contributed by atoms with E-state index < -0.39 is 12.1 Å². The second-order valence-corrected chi connectivity index (χ2v) is 6.83. The molecule has 144 valence electrons. The number of nitrogens with one attached hydrogen (secondary N) is 1. The molecule has 0 aliphatic carbocycles. The number of anilines is 2. The second-order valence-electron chi connectivity index (χ2n) is 6.83. The molecule has 5 nitrogen and oxygen atoms in total. The molecule has 3 rings (SSSR count). The van der Waals surface area contributed by atoms with E-state index in [1.165, 1.54) is 11.3 Å². The van der Waals surface area contributed by atoms with Gasteiger partial charge in [0.1, 0.15) is 0 Å². The van der Waals surface area contributed by atoms with Crippen molar-refractivity contribution in [2.24, 2.45) is 0 Å². The number of carboxylic acid groups (broad SMARTS) is 1. The van der Waals surface area contributed by atoms with Gasteiger partial charge < -0.3 is 20.1 Å². The van der Waals surface area contributed by atoms with Gasteiger partial charge in [-0.25, -0.2) is 4.79 Å².